The van der Waals surface area contributed by atoms with Crippen LogP contribution in [-0.2, 0) is 15.2 Å². The summed E-state index contributed by atoms with van der Waals surface area (Å²) < 4.78 is 39.3. The molecule has 24 heavy (non-hydrogen) atoms. The second kappa shape index (κ2) is 4.77. The number of methoxy groups -OCH3 is 1. The third-order valence-electron chi connectivity index (χ3n) is 4.40. The molecule has 2 aromatic carbocycles. The van der Waals surface area contributed by atoms with Gasteiger partial charge in [-0.1, -0.05) is 18.2 Å². The molecule has 2 atom stereocenters. The van der Waals surface area contributed by atoms with Crippen molar-refractivity contribution >= 4 is 11.8 Å². The molecule has 0 unspecified atom stereocenters. The van der Waals surface area contributed by atoms with Gasteiger partial charge in [0.15, 0.2) is 11.6 Å². The third-order valence-corrected chi connectivity index (χ3v) is 4.40. The Morgan fingerprint density at radius 2 is 1.83 bits per heavy atom. The van der Waals surface area contributed by atoms with Gasteiger partial charge in [-0.05, 0) is 18.2 Å². The summed E-state index contributed by atoms with van der Waals surface area (Å²) in [5.41, 5.74) is -1.92. The number of hydrogen-bond acceptors (Lipinski definition) is 4. The maximum atomic E-state index is 14.3. The zero-order valence-corrected chi connectivity index (χ0v) is 12.4. The molecule has 0 aliphatic carbocycles. The van der Waals surface area contributed by atoms with E-state index in [1.54, 1.807) is 18.2 Å². The molecule has 1 fully saturated rings. The van der Waals surface area contributed by atoms with Crippen LogP contribution in [0.1, 0.15) is 17.0 Å². The van der Waals surface area contributed by atoms with Crippen LogP contribution in [0.2, 0.25) is 0 Å². The molecular formula is C17H11F2NO4. The fraction of sp³-hybridized carbons (Fsp3) is 0.176. The number of para-hydroxylation sites is 1. The summed E-state index contributed by atoms with van der Waals surface area (Å²) >= 11 is 0. The number of carbonyl (C=O) groups excluding carboxylic acids is 2. The van der Waals surface area contributed by atoms with Crippen molar-refractivity contribution in [3.63, 3.8) is 0 Å². The van der Waals surface area contributed by atoms with Crippen LogP contribution in [0.4, 0.5) is 8.78 Å². The minimum Gasteiger partial charge on any atom is -0.496 e. The molecule has 2 aromatic rings. The number of nitrogens with one attached hydrogen (secondary N) is 1. The molecule has 0 radical (unpaired) electrons. The van der Waals surface area contributed by atoms with Crippen molar-refractivity contribution in [1.82, 2.24) is 5.32 Å². The fourth-order valence-electron chi connectivity index (χ4n) is 3.40. The highest BCUT2D eigenvalue weighted by Gasteiger charge is 2.66. The van der Waals surface area contributed by atoms with Crippen LogP contribution in [0.3, 0.4) is 0 Å². The maximum Gasteiger partial charge on any atom is 0.276 e. The molecule has 0 bridgehead atoms. The van der Waals surface area contributed by atoms with E-state index in [0.29, 0.717) is 0 Å². The predicted octanol–water partition coefficient (Wildman–Crippen LogP) is 2.00. The molecule has 4 rings (SSSR count). The summed E-state index contributed by atoms with van der Waals surface area (Å²) in [7, 11) is 1.39. The van der Waals surface area contributed by atoms with Gasteiger partial charge < -0.3 is 9.47 Å². The summed E-state index contributed by atoms with van der Waals surface area (Å²) in [6, 6.07) is 8.21. The Balaban J connectivity index is 2.04. The summed E-state index contributed by atoms with van der Waals surface area (Å²) in [5.74, 6) is -4.64. The van der Waals surface area contributed by atoms with E-state index in [-0.39, 0.29) is 16.9 Å². The van der Waals surface area contributed by atoms with Crippen LogP contribution in [0, 0.1) is 11.6 Å². The van der Waals surface area contributed by atoms with Crippen molar-refractivity contribution < 1.29 is 27.8 Å². The molecule has 5 nitrogen and oxygen atoms in total. The summed E-state index contributed by atoms with van der Waals surface area (Å²) in [6.07, 6.45) is 0. The van der Waals surface area contributed by atoms with Crippen molar-refractivity contribution in [1.29, 1.82) is 0 Å². The van der Waals surface area contributed by atoms with Crippen molar-refractivity contribution in [2.75, 3.05) is 7.11 Å². The van der Waals surface area contributed by atoms with Crippen LogP contribution >= 0.6 is 0 Å². The lowest BCUT2D eigenvalue weighted by molar-refractivity contribution is -0.133. The Morgan fingerprint density at radius 1 is 1.12 bits per heavy atom. The Morgan fingerprint density at radius 3 is 2.58 bits per heavy atom. The molecule has 122 valence electrons. The molecule has 0 aromatic heterocycles. The van der Waals surface area contributed by atoms with Gasteiger partial charge in [-0.3, -0.25) is 14.9 Å². The van der Waals surface area contributed by atoms with Crippen LogP contribution in [0.15, 0.2) is 36.4 Å². The first kappa shape index (κ1) is 14.6. The van der Waals surface area contributed by atoms with Crippen LogP contribution in [0.25, 0.3) is 0 Å². The SMILES string of the molecule is COc1ccccc1[C@@]12Oc3c(F)ccc(F)c3[C@@H]1C(=O)NC2=O. The Bertz CT molecular complexity index is 898. The van der Waals surface area contributed by atoms with Gasteiger partial charge in [0.25, 0.3) is 5.91 Å². The van der Waals surface area contributed by atoms with Gasteiger partial charge in [0.05, 0.1) is 12.7 Å². The normalized spacial score (nSPS) is 24.2. The second-order valence-corrected chi connectivity index (χ2v) is 5.56. The fourth-order valence-corrected chi connectivity index (χ4v) is 3.40. The molecule has 2 amide bonds. The minimum absolute atomic E-state index is 0.232. The van der Waals surface area contributed by atoms with E-state index in [9.17, 15) is 18.4 Å². The Kier molecular flexibility index (Phi) is 2.90. The zero-order chi connectivity index (χ0) is 17.1. The molecule has 1 N–H and O–H groups in total. The van der Waals surface area contributed by atoms with Crippen LogP contribution < -0.4 is 14.8 Å². The average Bonchev–Trinajstić information content (AvgIpc) is 3.07. The molecule has 1 saturated heterocycles. The Hall–Kier alpha value is -2.96. The van der Waals surface area contributed by atoms with E-state index < -0.39 is 40.7 Å². The summed E-state index contributed by atoms with van der Waals surface area (Å²) in [6.45, 7) is 0. The third kappa shape index (κ3) is 1.61. The number of hydrogen-bond donors (Lipinski definition) is 1. The van der Waals surface area contributed by atoms with Crippen molar-refractivity contribution in [2.24, 2.45) is 0 Å². The standard InChI is InChI=1S/C17H11F2NO4/c1-23-11-5-3-2-4-8(11)17-13(15(21)20-16(17)22)12-9(18)6-7-10(19)14(12)24-17/h2-7,13H,1H3,(H,20,21,22)/t13-,17-/m1/s1. The monoisotopic (exact) mass is 331 g/mol. The van der Waals surface area contributed by atoms with Gasteiger partial charge in [0.1, 0.15) is 17.5 Å². The maximum absolute atomic E-state index is 14.3. The number of carbonyl (C=O) groups is 2. The first-order valence-electron chi connectivity index (χ1n) is 7.16. The molecule has 2 heterocycles. The predicted molar refractivity (Wildman–Crippen MR) is 77.5 cm³/mol. The summed E-state index contributed by atoms with van der Waals surface area (Å²) in [5, 5.41) is 2.15. The molecule has 0 saturated carbocycles. The Labute approximate surface area is 135 Å². The lowest BCUT2D eigenvalue weighted by Crippen LogP contribution is -2.41. The van der Waals surface area contributed by atoms with Crippen molar-refractivity contribution in [3.05, 3.63) is 59.2 Å². The van der Waals surface area contributed by atoms with E-state index in [4.69, 9.17) is 9.47 Å². The van der Waals surface area contributed by atoms with E-state index in [2.05, 4.69) is 5.32 Å². The van der Waals surface area contributed by atoms with E-state index in [1.165, 1.54) is 13.2 Å². The van der Waals surface area contributed by atoms with E-state index in [1.807, 2.05) is 0 Å². The lowest BCUT2D eigenvalue weighted by Gasteiger charge is -2.26. The van der Waals surface area contributed by atoms with Gasteiger partial charge >= 0.3 is 0 Å². The van der Waals surface area contributed by atoms with Gasteiger partial charge in [-0.25, -0.2) is 8.78 Å². The molecule has 7 heteroatoms. The van der Waals surface area contributed by atoms with Crippen molar-refractivity contribution in [2.45, 2.75) is 11.5 Å². The highest BCUT2D eigenvalue weighted by Crippen LogP contribution is 2.56. The first-order valence-corrected chi connectivity index (χ1v) is 7.16. The lowest BCUT2D eigenvalue weighted by atomic mass is 9.80. The quantitative estimate of drug-likeness (QED) is 0.855. The zero-order valence-electron chi connectivity index (χ0n) is 12.4. The number of ether oxygens (including phenoxy) is 2. The number of benzene rings is 2. The number of fused-ring (bicyclic) bond motifs is 3. The number of halogens is 2. The molecule has 2 aliphatic rings. The minimum atomic E-state index is -1.89. The number of rotatable bonds is 2. The highest BCUT2D eigenvalue weighted by atomic mass is 19.1. The molecule has 2 aliphatic heterocycles. The van der Waals surface area contributed by atoms with E-state index in [0.717, 1.165) is 12.1 Å². The first-order chi connectivity index (χ1) is 11.5. The number of amides is 2. The molecular weight excluding hydrogens is 320 g/mol. The largest absolute Gasteiger partial charge is 0.496 e. The van der Waals surface area contributed by atoms with Gasteiger partial charge in [0, 0.05) is 5.56 Å². The topological polar surface area (TPSA) is 64.6 Å². The van der Waals surface area contributed by atoms with Crippen LogP contribution in [-0.4, -0.2) is 18.9 Å². The average molecular weight is 331 g/mol. The molecule has 0 spiro atoms. The highest BCUT2D eigenvalue weighted by molar-refractivity contribution is 6.13. The van der Waals surface area contributed by atoms with Crippen LogP contribution in [0.5, 0.6) is 11.5 Å². The van der Waals surface area contributed by atoms with Gasteiger partial charge in [-0.15, -0.1) is 0 Å². The van der Waals surface area contributed by atoms with E-state index >= 15 is 0 Å². The summed E-state index contributed by atoms with van der Waals surface area (Å²) in [4.78, 5) is 24.9. The van der Waals surface area contributed by atoms with Gasteiger partial charge in [0.2, 0.25) is 11.5 Å². The van der Waals surface area contributed by atoms with Gasteiger partial charge in [-0.2, -0.15) is 0 Å². The number of imide groups is 1. The smallest absolute Gasteiger partial charge is 0.276 e. The van der Waals surface area contributed by atoms with Crippen molar-refractivity contribution in [3.8, 4) is 11.5 Å². The second-order valence-electron chi connectivity index (χ2n) is 5.56.